The first-order chi connectivity index (χ1) is 6.49. The summed E-state index contributed by atoms with van der Waals surface area (Å²) in [6.45, 7) is 2.22. The van der Waals surface area contributed by atoms with Gasteiger partial charge in [-0.15, -0.1) is 0 Å². The van der Waals surface area contributed by atoms with Crippen LogP contribution in [0.4, 0.5) is 13.2 Å². The first-order valence-electron chi connectivity index (χ1n) is 4.66. The van der Waals surface area contributed by atoms with E-state index in [1.54, 1.807) is 0 Å². The molecule has 2 nitrogen and oxygen atoms in total. The second-order valence-electron chi connectivity index (χ2n) is 3.14. The van der Waals surface area contributed by atoms with Crippen LogP contribution in [0.25, 0.3) is 0 Å². The highest BCUT2D eigenvalue weighted by atomic mass is 19.4. The van der Waals surface area contributed by atoms with Crippen LogP contribution in [0.15, 0.2) is 0 Å². The zero-order chi connectivity index (χ0) is 11.0. The van der Waals surface area contributed by atoms with Crippen LogP contribution >= 0.6 is 0 Å². The minimum atomic E-state index is -4.07. The van der Waals surface area contributed by atoms with Gasteiger partial charge in [-0.05, 0) is 19.4 Å². The molecule has 5 heteroatoms. The van der Waals surface area contributed by atoms with Crippen molar-refractivity contribution in [3.05, 3.63) is 0 Å². The molecule has 0 saturated heterocycles. The molecule has 0 aromatic rings. The van der Waals surface area contributed by atoms with Gasteiger partial charge in [0.05, 0.1) is 12.5 Å². The fourth-order valence-electron chi connectivity index (χ4n) is 1.07. The molecular formula is C9H15F3N2. The lowest BCUT2D eigenvalue weighted by Crippen LogP contribution is -2.29. The van der Waals surface area contributed by atoms with Crippen molar-refractivity contribution in [2.24, 2.45) is 0 Å². The summed E-state index contributed by atoms with van der Waals surface area (Å²) in [6.07, 6.45) is -3.64. The molecule has 0 aromatic heterocycles. The average molecular weight is 208 g/mol. The summed E-state index contributed by atoms with van der Waals surface area (Å²) in [4.78, 5) is 0. The second kappa shape index (κ2) is 6.66. The Morgan fingerprint density at radius 1 is 1.43 bits per heavy atom. The molecular weight excluding hydrogens is 193 g/mol. The molecule has 0 aromatic carbocycles. The van der Waals surface area contributed by atoms with Crippen molar-refractivity contribution < 1.29 is 13.2 Å². The van der Waals surface area contributed by atoms with Crippen LogP contribution in [-0.2, 0) is 0 Å². The maximum absolute atomic E-state index is 11.7. The molecule has 14 heavy (non-hydrogen) atoms. The molecule has 0 bridgehead atoms. The lowest BCUT2D eigenvalue weighted by Gasteiger charge is -2.13. The number of alkyl halides is 3. The molecule has 0 radical (unpaired) electrons. The van der Waals surface area contributed by atoms with Crippen molar-refractivity contribution in [3.63, 3.8) is 0 Å². The summed E-state index contributed by atoms with van der Waals surface area (Å²) in [7, 11) is 0. The predicted octanol–water partition coefficient (Wildman–Crippen LogP) is 2.61. The van der Waals surface area contributed by atoms with Crippen LogP contribution in [0, 0.1) is 11.3 Å². The van der Waals surface area contributed by atoms with Crippen molar-refractivity contribution in [2.45, 2.75) is 44.8 Å². The fourth-order valence-corrected chi connectivity index (χ4v) is 1.07. The van der Waals surface area contributed by atoms with Crippen LogP contribution in [0.5, 0.6) is 0 Å². The van der Waals surface area contributed by atoms with E-state index in [0.29, 0.717) is 13.0 Å². The largest absolute Gasteiger partial charge is 0.389 e. The molecule has 0 aliphatic rings. The van der Waals surface area contributed by atoms with Gasteiger partial charge in [0, 0.05) is 12.5 Å². The summed E-state index contributed by atoms with van der Waals surface area (Å²) in [5, 5.41) is 11.3. The van der Waals surface area contributed by atoms with Gasteiger partial charge in [-0.3, -0.25) is 0 Å². The number of nitriles is 1. The van der Waals surface area contributed by atoms with Gasteiger partial charge >= 0.3 is 6.18 Å². The Morgan fingerprint density at radius 3 is 2.50 bits per heavy atom. The number of hydrogen-bond acceptors (Lipinski definition) is 2. The summed E-state index contributed by atoms with van der Waals surface area (Å²) >= 11 is 0. The van der Waals surface area contributed by atoms with Crippen LogP contribution in [0.3, 0.4) is 0 Å². The summed E-state index contributed by atoms with van der Waals surface area (Å²) < 4.78 is 35.2. The minimum absolute atomic E-state index is 0.0215. The third-order valence-electron chi connectivity index (χ3n) is 1.90. The molecule has 1 unspecified atom stereocenters. The van der Waals surface area contributed by atoms with Gasteiger partial charge < -0.3 is 5.32 Å². The Kier molecular flexibility index (Phi) is 6.30. The summed E-state index contributed by atoms with van der Waals surface area (Å²) in [5.41, 5.74) is 0. The predicted molar refractivity (Wildman–Crippen MR) is 47.6 cm³/mol. The first-order valence-corrected chi connectivity index (χ1v) is 4.66. The van der Waals surface area contributed by atoms with Crippen LogP contribution in [-0.4, -0.2) is 18.8 Å². The van der Waals surface area contributed by atoms with E-state index in [0.717, 1.165) is 6.42 Å². The van der Waals surface area contributed by atoms with E-state index >= 15 is 0 Å². The Labute approximate surface area is 82.1 Å². The quantitative estimate of drug-likeness (QED) is 0.681. The molecule has 1 atom stereocenters. The van der Waals surface area contributed by atoms with E-state index in [9.17, 15) is 13.2 Å². The molecule has 0 spiro atoms. The van der Waals surface area contributed by atoms with Gasteiger partial charge in [0.15, 0.2) is 0 Å². The standard InChI is InChI=1S/C9H15F3N2/c1-2-8(4-6-13)14-7-3-5-9(10,11)12/h8,14H,2-5,7H2,1H3. The fraction of sp³-hybridized carbons (Fsp3) is 0.889. The maximum Gasteiger partial charge on any atom is 0.389 e. The maximum atomic E-state index is 11.7. The van der Waals surface area contributed by atoms with Crippen LogP contribution in [0.1, 0.15) is 32.6 Å². The van der Waals surface area contributed by atoms with Gasteiger partial charge in [0.1, 0.15) is 0 Å². The highest BCUT2D eigenvalue weighted by Gasteiger charge is 2.25. The highest BCUT2D eigenvalue weighted by Crippen LogP contribution is 2.20. The van der Waals surface area contributed by atoms with Gasteiger partial charge in [0.25, 0.3) is 0 Å². The summed E-state index contributed by atoms with van der Waals surface area (Å²) in [5.74, 6) is 0. The van der Waals surface area contributed by atoms with Crippen molar-refractivity contribution >= 4 is 0 Å². The molecule has 0 aliphatic heterocycles. The van der Waals surface area contributed by atoms with E-state index < -0.39 is 12.6 Å². The number of nitrogens with zero attached hydrogens (tertiary/aromatic N) is 1. The van der Waals surface area contributed by atoms with E-state index in [1.807, 2.05) is 13.0 Å². The van der Waals surface area contributed by atoms with Gasteiger partial charge in [-0.25, -0.2) is 0 Å². The molecule has 0 fully saturated rings. The van der Waals surface area contributed by atoms with E-state index in [1.165, 1.54) is 0 Å². The normalized spacial score (nSPS) is 13.6. The Balaban J connectivity index is 3.48. The van der Waals surface area contributed by atoms with Crippen LogP contribution in [0.2, 0.25) is 0 Å². The molecule has 0 aliphatic carbocycles. The van der Waals surface area contributed by atoms with Crippen molar-refractivity contribution in [1.82, 2.24) is 5.32 Å². The lowest BCUT2D eigenvalue weighted by molar-refractivity contribution is -0.135. The Hall–Kier alpha value is -0.760. The van der Waals surface area contributed by atoms with Crippen molar-refractivity contribution in [1.29, 1.82) is 5.26 Å². The SMILES string of the molecule is CCC(CC#N)NCCCC(F)(F)F. The summed E-state index contributed by atoms with van der Waals surface area (Å²) in [6, 6.07) is 2.01. The third-order valence-corrected chi connectivity index (χ3v) is 1.90. The number of halogens is 3. The first kappa shape index (κ1) is 13.2. The molecule has 1 N–H and O–H groups in total. The van der Waals surface area contributed by atoms with Crippen LogP contribution < -0.4 is 5.32 Å². The molecule has 0 amide bonds. The molecule has 0 saturated carbocycles. The van der Waals surface area contributed by atoms with Crippen molar-refractivity contribution in [3.8, 4) is 6.07 Å². The number of hydrogen-bond donors (Lipinski definition) is 1. The topological polar surface area (TPSA) is 35.8 Å². The Bertz CT molecular complexity index is 183. The van der Waals surface area contributed by atoms with Gasteiger partial charge in [-0.1, -0.05) is 6.92 Å². The lowest BCUT2D eigenvalue weighted by atomic mass is 10.1. The third kappa shape index (κ3) is 7.87. The highest BCUT2D eigenvalue weighted by molar-refractivity contribution is 4.79. The zero-order valence-corrected chi connectivity index (χ0v) is 8.19. The van der Waals surface area contributed by atoms with Gasteiger partial charge in [-0.2, -0.15) is 18.4 Å². The van der Waals surface area contributed by atoms with Gasteiger partial charge in [0.2, 0.25) is 0 Å². The molecule has 0 rings (SSSR count). The van der Waals surface area contributed by atoms with E-state index in [-0.39, 0.29) is 12.5 Å². The minimum Gasteiger partial charge on any atom is -0.313 e. The monoisotopic (exact) mass is 208 g/mol. The van der Waals surface area contributed by atoms with E-state index in [2.05, 4.69) is 5.32 Å². The molecule has 82 valence electrons. The number of nitrogens with one attached hydrogen (secondary N) is 1. The smallest absolute Gasteiger partial charge is 0.313 e. The molecule has 0 heterocycles. The van der Waals surface area contributed by atoms with E-state index in [4.69, 9.17) is 5.26 Å². The number of rotatable bonds is 6. The Morgan fingerprint density at radius 2 is 2.07 bits per heavy atom. The van der Waals surface area contributed by atoms with Crippen molar-refractivity contribution in [2.75, 3.05) is 6.54 Å². The average Bonchev–Trinajstić information content (AvgIpc) is 2.08. The second-order valence-corrected chi connectivity index (χ2v) is 3.14. The zero-order valence-electron chi connectivity index (χ0n) is 8.19.